The summed E-state index contributed by atoms with van der Waals surface area (Å²) in [5, 5.41) is 8.26. The number of methoxy groups -OCH3 is 1. The molecular formula is C17H15F3N4O2. The SMILES string of the molecule is COc1cnn(C)c(=O)c1-n1nc(-c2ccc(C(F)(F)F)cc2)cc1C. The molecule has 0 amide bonds. The molecule has 0 unspecified atom stereocenters. The van der Waals surface area contributed by atoms with Crippen LogP contribution in [-0.4, -0.2) is 26.7 Å². The molecule has 26 heavy (non-hydrogen) atoms. The monoisotopic (exact) mass is 364 g/mol. The number of ether oxygens (including phenoxy) is 1. The molecule has 0 fully saturated rings. The normalized spacial score (nSPS) is 11.6. The lowest BCUT2D eigenvalue weighted by atomic mass is 10.1. The fourth-order valence-electron chi connectivity index (χ4n) is 2.53. The van der Waals surface area contributed by atoms with Crippen LogP contribution in [0.1, 0.15) is 11.3 Å². The minimum Gasteiger partial charge on any atom is -0.493 e. The molecule has 9 heteroatoms. The molecule has 0 aliphatic rings. The first-order valence-electron chi connectivity index (χ1n) is 7.57. The lowest BCUT2D eigenvalue weighted by molar-refractivity contribution is -0.137. The van der Waals surface area contributed by atoms with Crippen LogP contribution in [0, 0.1) is 6.92 Å². The molecule has 136 valence electrons. The van der Waals surface area contributed by atoms with Crippen molar-refractivity contribution in [1.29, 1.82) is 0 Å². The third-order valence-corrected chi connectivity index (χ3v) is 3.91. The highest BCUT2D eigenvalue weighted by Gasteiger charge is 2.30. The highest BCUT2D eigenvalue weighted by molar-refractivity contribution is 5.61. The number of hydrogen-bond acceptors (Lipinski definition) is 4. The van der Waals surface area contributed by atoms with Crippen molar-refractivity contribution in [3.05, 3.63) is 58.1 Å². The first-order chi connectivity index (χ1) is 12.2. The fraction of sp³-hybridized carbons (Fsp3) is 0.235. The van der Waals surface area contributed by atoms with Crippen molar-refractivity contribution < 1.29 is 17.9 Å². The Morgan fingerprint density at radius 1 is 1.15 bits per heavy atom. The molecule has 0 bridgehead atoms. The van der Waals surface area contributed by atoms with Crippen molar-refractivity contribution in [2.24, 2.45) is 7.05 Å². The van der Waals surface area contributed by atoms with Gasteiger partial charge in [0.1, 0.15) is 0 Å². The molecule has 2 aromatic heterocycles. The first-order valence-corrected chi connectivity index (χ1v) is 7.57. The number of rotatable bonds is 3. The van der Waals surface area contributed by atoms with Crippen molar-refractivity contribution in [3.8, 4) is 22.7 Å². The molecule has 3 aromatic rings. The standard InChI is InChI=1S/C17H15F3N4O2/c1-10-8-13(11-4-6-12(7-5-11)17(18,19)20)22-24(10)15-14(26-3)9-21-23(2)16(15)25/h4-9H,1-3H3. The average Bonchev–Trinajstić information content (AvgIpc) is 2.98. The minimum absolute atomic E-state index is 0.181. The molecule has 6 nitrogen and oxygen atoms in total. The zero-order valence-corrected chi connectivity index (χ0v) is 14.2. The van der Waals surface area contributed by atoms with Gasteiger partial charge in [0.2, 0.25) is 0 Å². The van der Waals surface area contributed by atoms with Gasteiger partial charge in [-0.25, -0.2) is 9.36 Å². The summed E-state index contributed by atoms with van der Waals surface area (Å²) in [6.45, 7) is 1.74. The molecule has 0 aliphatic heterocycles. The number of halogens is 3. The lowest BCUT2D eigenvalue weighted by Crippen LogP contribution is -2.25. The van der Waals surface area contributed by atoms with E-state index in [1.54, 1.807) is 13.0 Å². The highest BCUT2D eigenvalue weighted by atomic mass is 19.4. The van der Waals surface area contributed by atoms with Gasteiger partial charge in [0, 0.05) is 18.3 Å². The van der Waals surface area contributed by atoms with Crippen LogP contribution in [0.3, 0.4) is 0 Å². The summed E-state index contributed by atoms with van der Waals surface area (Å²) >= 11 is 0. The van der Waals surface area contributed by atoms with Gasteiger partial charge in [0.15, 0.2) is 11.4 Å². The molecule has 0 saturated heterocycles. The van der Waals surface area contributed by atoms with Crippen LogP contribution in [0.2, 0.25) is 0 Å². The van der Waals surface area contributed by atoms with Crippen molar-refractivity contribution >= 4 is 0 Å². The Bertz CT molecular complexity index is 1000. The molecule has 0 N–H and O–H groups in total. The van der Waals surface area contributed by atoms with Crippen LogP contribution in [0.5, 0.6) is 5.75 Å². The smallest absolute Gasteiger partial charge is 0.416 e. The molecule has 2 heterocycles. The molecule has 0 atom stereocenters. The van der Waals surface area contributed by atoms with Gasteiger partial charge >= 0.3 is 6.18 Å². The zero-order valence-electron chi connectivity index (χ0n) is 14.2. The van der Waals surface area contributed by atoms with Gasteiger partial charge in [-0.3, -0.25) is 4.79 Å². The van der Waals surface area contributed by atoms with E-state index in [0.717, 1.165) is 16.8 Å². The first kappa shape index (κ1) is 17.7. The highest BCUT2D eigenvalue weighted by Crippen LogP contribution is 2.31. The van der Waals surface area contributed by atoms with Gasteiger partial charge in [-0.2, -0.15) is 23.4 Å². The predicted molar refractivity (Wildman–Crippen MR) is 88.3 cm³/mol. The molecular weight excluding hydrogens is 349 g/mol. The van der Waals surface area contributed by atoms with Gasteiger partial charge < -0.3 is 4.74 Å². The van der Waals surface area contributed by atoms with Crippen LogP contribution in [0.25, 0.3) is 16.9 Å². The number of aromatic nitrogens is 4. The predicted octanol–water partition coefficient (Wildman–Crippen LogP) is 2.97. The number of aryl methyl sites for hydroxylation is 2. The molecule has 3 rings (SSSR count). The van der Waals surface area contributed by atoms with Crippen LogP contribution < -0.4 is 10.3 Å². The largest absolute Gasteiger partial charge is 0.493 e. The van der Waals surface area contributed by atoms with E-state index in [9.17, 15) is 18.0 Å². The van der Waals surface area contributed by atoms with Gasteiger partial charge in [0.25, 0.3) is 5.56 Å². The second-order valence-corrected chi connectivity index (χ2v) is 5.65. The maximum Gasteiger partial charge on any atom is 0.416 e. The van der Waals surface area contributed by atoms with Crippen molar-refractivity contribution in [2.45, 2.75) is 13.1 Å². The van der Waals surface area contributed by atoms with Crippen LogP contribution in [-0.2, 0) is 13.2 Å². The molecule has 0 radical (unpaired) electrons. The molecule has 1 aromatic carbocycles. The van der Waals surface area contributed by atoms with Gasteiger partial charge in [0.05, 0.1) is 24.6 Å². The van der Waals surface area contributed by atoms with E-state index in [1.165, 1.54) is 37.2 Å². The van der Waals surface area contributed by atoms with Crippen LogP contribution >= 0.6 is 0 Å². The topological polar surface area (TPSA) is 61.9 Å². The number of nitrogens with zero attached hydrogens (tertiary/aromatic N) is 4. The Morgan fingerprint density at radius 3 is 2.38 bits per heavy atom. The zero-order chi connectivity index (χ0) is 19.1. The number of hydrogen-bond donors (Lipinski definition) is 0. The van der Waals surface area contributed by atoms with E-state index in [2.05, 4.69) is 10.2 Å². The third-order valence-electron chi connectivity index (χ3n) is 3.91. The Morgan fingerprint density at radius 2 is 1.81 bits per heavy atom. The van der Waals surface area contributed by atoms with Crippen LogP contribution in [0.4, 0.5) is 13.2 Å². The molecule has 0 spiro atoms. The lowest BCUT2D eigenvalue weighted by Gasteiger charge is -2.10. The van der Waals surface area contributed by atoms with E-state index in [0.29, 0.717) is 17.0 Å². The van der Waals surface area contributed by atoms with Crippen molar-refractivity contribution in [1.82, 2.24) is 19.6 Å². The second kappa shape index (κ2) is 6.32. The quantitative estimate of drug-likeness (QED) is 0.717. The maximum atomic E-state index is 12.7. The summed E-state index contributed by atoms with van der Waals surface area (Å²) in [6, 6.07) is 6.36. The van der Waals surface area contributed by atoms with Gasteiger partial charge in [-0.1, -0.05) is 12.1 Å². The summed E-state index contributed by atoms with van der Waals surface area (Å²) in [4.78, 5) is 12.4. The number of alkyl halides is 3. The summed E-state index contributed by atoms with van der Waals surface area (Å²) in [7, 11) is 2.91. The number of benzene rings is 1. The van der Waals surface area contributed by atoms with E-state index in [4.69, 9.17) is 4.74 Å². The maximum absolute atomic E-state index is 12.7. The van der Waals surface area contributed by atoms with E-state index in [1.807, 2.05) is 0 Å². The van der Waals surface area contributed by atoms with Gasteiger partial charge in [-0.15, -0.1) is 0 Å². The summed E-state index contributed by atoms with van der Waals surface area (Å²) < 4.78 is 45.8. The van der Waals surface area contributed by atoms with E-state index < -0.39 is 17.3 Å². The summed E-state index contributed by atoms with van der Waals surface area (Å²) in [5.74, 6) is 0.248. The Kier molecular flexibility index (Phi) is 4.31. The second-order valence-electron chi connectivity index (χ2n) is 5.65. The summed E-state index contributed by atoms with van der Waals surface area (Å²) in [5.41, 5.74) is 0.612. The Hall–Kier alpha value is -3.10. The van der Waals surface area contributed by atoms with Gasteiger partial charge in [-0.05, 0) is 25.1 Å². The molecule has 0 aliphatic carbocycles. The third kappa shape index (κ3) is 3.07. The average molecular weight is 364 g/mol. The Labute approximate surface area is 146 Å². The minimum atomic E-state index is -4.40. The molecule has 0 saturated carbocycles. The van der Waals surface area contributed by atoms with Crippen molar-refractivity contribution in [2.75, 3.05) is 7.11 Å². The van der Waals surface area contributed by atoms with E-state index >= 15 is 0 Å². The fourth-order valence-corrected chi connectivity index (χ4v) is 2.53. The van der Waals surface area contributed by atoms with Crippen molar-refractivity contribution in [3.63, 3.8) is 0 Å². The van der Waals surface area contributed by atoms with Crippen LogP contribution in [0.15, 0.2) is 41.3 Å². The Balaban J connectivity index is 2.09. The van der Waals surface area contributed by atoms with E-state index in [-0.39, 0.29) is 11.4 Å². The summed E-state index contributed by atoms with van der Waals surface area (Å²) in [6.07, 6.45) is -3.00.